The average Bonchev–Trinajstić information content (AvgIpc) is 2.98. The Balaban J connectivity index is 1.83. The molecule has 2 amide bonds. The third-order valence-electron chi connectivity index (χ3n) is 6.08. The van der Waals surface area contributed by atoms with Crippen LogP contribution in [-0.4, -0.2) is 71.9 Å². The van der Waals surface area contributed by atoms with E-state index in [0.29, 0.717) is 24.8 Å². The fourth-order valence-corrected chi connectivity index (χ4v) is 6.45. The summed E-state index contributed by atoms with van der Waals surface area (Å²) in [5.74, 6) is -0.866. The number of alkyl carbamates (subject to hydrolysis) is 1. The largest absolute Gasteiger partial charge is 0.444 e. The number of rotatable bonds is 6. The van der Waals surface area contributed by atoms with Crippen molar-refractivity contribution in [3.8, 4) is 0 Å². The Morgan fingerprint density at radius 3 is 2.57 bits per heavy atom. The first-order chi connectivity index (χ1) is 17.2. The van der Waals surface area contributed by atoms with Crippen molar-refractivity contribution < 1.29 is 27.1 Å². The van der Waals surface area contributed by atoms with Crippen LogP contribution < -0.4 is 5.32 Å². The smallest absolute Gasteiger partial charge is 0.408 e. The maximum Gasteiger partial charge on any atom is 0.408 e. The summed E-state index contributed by atoms with van der Waals surface area (Å²) in [4.78, 5) is 31.2. The maximum absolute atomic E-state index is 14.6. The van der Waals surface area contributed by atoms with E-state index in [9.17, 15) is 22.4 Å². The van der Waals surface area contributed by atoms with Gasteiger partial charge in [0.1, 0.15) is 11.6 Å². The van der Waals surface area contributed by atoms with Crippen molar-refractivity contribution in [2.24, 2.45) is 5.92 Å². The molecule has 37 heavy (non-hydrogen) atoms. The zero-order chi connectivity index (χ0) is 27.5. The molecule has 1 saturated heterocycles. The summed E-state index contributed by atoms with van der Waals surface area (Å²) in [6.07, 6.45) is 2.56. The van der Waals surface area contributed by atoms with Crippen molar-refractivity contribution in [2.75, 3.05) is 19.6 Å². The van der Waals surface area contributed by atoms with E-state index < -0.39 is 39.6 Å². The van der Waals surface area contributed by atoms with Gasteiger partial charge in [-0.15, -0.1) is 0 Å². The quantitative estimate of drug-likeness (QED) is 0.599. The van der Waals surface area contributed by atoms with Crippen molar-refractivity contribution in [1.29, 1.82) is 0 Å². The first-order valence-electron chi connectivity index (χ1n) is 12.5. The molecule has 2 heterocycles. The van der Waals surface area contributed by atoms with Gasteiger partial charge in [0.15, 0.2) is 5.82 Å². The van der Waals surface area contributed by atoms with Crippen LogP contribution in [0.3, 0.4) is 0 Å². The van der Waals surface area contributed by atoms with Crippen molar-refractivity contribution in [3.63, 3.8) is 0 Å². The van der Waals surface area contributed by atoms with Crippen LogP contribution in [0.1, 0.15) is 54.4 Å². The fourth-order valence-electron chi connectivity index (χ4n) is 4.56. The molecule has 2 aromatic rings. The molecule has 0 unspecified atom stereocenters. The predicted molar refractivity (Wildman–Crippen MR) is 139 cm³/mol. The minimum Gasteiger partial charge on any atom is -0.444 e. The summed E-state index contributed by atoms with van der Waals surface area (Å²) in [5.41, 5.74) is -0.710. The molecule has 2 atom stereocenters. The Morgan fingerprint density at radius 1 is 1.22 bits per heavy atom. The van der Waals surface area contributed by atoms with Crippen molar-refractivity contribution in [3.05, 3.63) is 36.4 Å². The number of fused-ring (bicyclic) bond motifs is 1. The van der Waals surface area contributed by atoms with E-state index in [-0.39, 0.29) is 35.2 Å². The van der Waals surface area contributed by atoms with Gasteiger partial charge in [0, 0.05) is 42.6 Å². The first kappa shape index (κ1) is 28.8. The van der Waals surface area contributed by atoms with E-state index in [0.717, 1.165) is 6.20 Å². The first-order valence-corrected chi connectivity index (χ1v) is 14.0. The van der Waals surface area contributed by atoms with Crippen molar-refractivity contribution in [1.82, 2.24) is 19.5 Å². The lowest BCUT2D eigenvalue weighted by atomic mass is 10.0. The molecule has 0 aliphatic carbocycles. The second-order valence-electron chi connectivity index (χ2n) is 10.9. The number of carbonyl (C=O) groups excluding carboxylic acids is 2. The highest BCUT2D eigenvalue weighted by Crippen LogP contribution is 2.29. The van der Waals surface area contributed by atoms with Gasteiger partial charge in [0.25, 0.3) is 0 Å². The molecular formula is C26H37FN4O5S. The van der Waals surface area contributed by atoms with Gasteiger partial charge in [0.05, 0.1) is 11.1 Å². The molecule has 0 bridgehead atoms. The third kappa shape index (κ3) is 6.95. The Hall–Kier alpha value is -2.79. The van der Waals surface area contributed by atoms with Crippen LogP contribution in [-0.2, 0) is 19.6 Å². The highest BCUT2D eigenvalue weighted by molar-refractivity contribution is 7.89. The van der Waals surface area contributed by atoms with Gasteiger partial charge in [0.2, 0.25) is 15.9 Å². The van der Waals surface area contributed by atoms with Crippen molar-refractivity contribution in [2.45, 2.75) is 77.0 Å². The predicted octanol–water partition coefficient (Wildman–Crippen LogP) is 3.92. The number of hydrogen-bond acceptors (Lipinski definition) is 6. The molecule has 3 rings (SSSR count). The normalized spacial score (nSPS) is 18.5. The molecule has 1 aliphatic rings. The molecule has 1 fully saturated rings. The lowest BCUT2D eigenvalue weighted by Gasteiger charge is -2.31. The Kier molecular flexibility index (Phi) is 8.79. The van der Waals surface area contributed by atoms with E-state index in [1.54, 1.807) is 44.7 Å². The van der Waals surface area contributed by atoms with E-state index >= 15 is 0 Å². The summed E-state index contributed by atoms with van der Waals surface area (Å²) in [6, 6.07) is 3.20. The molecule has 9 nitrogen and oxygen atoms in total. The number of halogens is 1. The van der Waals surface area contributed by atoms with Gasteiger partial charge in [-0.2, -0.15) is 4.31 Å². The van der Waals surface area contributed by atoms with Crippen LogP contribution in [0.15, 0.2) is 35.5 Å². The number of hydrogen-bond donors (Lipinski definition) is 1. The number of pyridine rings is 1. The number of amides is 2. The highest BCUT2D eigenvalue weighted by Gasteiger charge is 2.37. The summed E-state index contributed by atoms with van der Waals surface area (Å²) in [5, 5.41) is 3.09. The van der Waals surface area contributed by atoms with Crippen LogP contribution in [0.2, 0.25) is 0 Å². The van der Waals surface area contributed by atoms with Gasteiger partial charge in [-0.3, -0.25) is 9.78 Å². The number of aromatic nitrogens is 1. The van der Waals surface area contributed by atoms with Crippen LogP contribution in [0.4, 0.5) is 9.18 Å². The minimum absolute atomic E-state index is 0.000405. The number of ether oxygens (including phenoxy) is 1. The molecule has 1 N–H and O–H groups in total. The third-order valence-corrected chi connectivity index (χ3v) is 8.13. The van der Waals surface area contributed by atoms with Crippen molar-refractivity contribution >= 4 is 32.8 Å². The Bertz CT molecular complexity index is 1240. The minimum atomic E-state index is -4.07. The summed E-state index contributed by atoms with van der Waals surface area (Å²) in [6.45, 7) is 11.5. The van der Waals surface area contributed by atoms with Gasteiger partial charge < -0.3 is 15.0 Å². The zero-order valence-corrected chi connectivity index (χ0v) is 23.1. The zero-order valence-electron chi connectivity index (χ0n) is 22.3. The lowest BCUT2D eigenvalue weighted by Crippen LogP contribution is -2.52. The molecular weight excluding hydrogens is 499 g/mol. The Labute approximate surface area is 218 Å². The molecule has 1 aliphatic heterocycles. The summed E-state index contributed by atoms with van der Waals surface area (Å²) >= 11 is 0. The molecule has 1 aromatic carbocycles. The van der Waals surface area contributed by atoms with Gasteiger partial charge in [-0.1, -0.05) is 26.0 Å². The van der Waals surface area contributed by atoms with Crippen LogP contribution in [0, 0.1) is 11.7 Å². The maximum atomic E-state index is 14.6. The number of nitrogens with one attached hydrogen (secondary N) is 1. The topological polar surface area (TPSA) is 109 Å². The van der Waals surface area contributed by atoms with Crippen LogP contribution >= 0.6 is 0 Å². The SMILES string of the molecule is CC(C)C[C@@H](NC(=O)OC(C)(C)C)C(=O)N1CCCN(S(=O)(=O)c2cccc3cncc(F)c23)[C@@H](C)C1. The van der Waals surface area contributed by atoms with Gasteiger partial charge in [-0.05, 0) is 52.5 Å². The molecule has 204 valence electrons. The van der Waals surface area contributed by atoms with Gasteiger partial charge >= 0.3 is 6.09 Å². The average molecular weight is 537 g/mol. The van der Waals surface area contributed by atoms with Crippen LogP contribution in [0.5, 0.6) is 0 Å². The lowest BCUT2D eigenvalue weighted by molar-refractivity contribution is -0.134. The summed E-state index contributed by atoms with van der Waals surface area (Å²) in [7, 11) is -4.07. The molecule has 0 saturated carbocycles. The summed E-state index contributed by atoms with van der Waals surface area (Å²) < 4.78 is 48.7. The number of sulfonamides is 1. The van der Waals surface area contributed by atoms with Crippen LogP contribution in [0.25, 0.3) is 10.8 Å². The molecule has 0 radical (unpaired) electrons. The molecule has 0 spiro atoms. The number of carbonyl (C=O) groups is 2. The van der Waals surface area contributed by atoms with E-state index in [1.807, 2.05) is 13.8 Å². The standard InChI is InChI=1S/C26H37FN4O5S/c1-17(2)13-21(29-25(33)36-26(4,5)6)24(32)30-11-8-12-31(18(3)16-30)37(34,35)22-10-7-9-19-14-28-15-20(27)23(19)22/h7,9-10,14-15,17-18,21H,8,11-13,16H2,1-6H3,(H,29,33)/t18-,21+/m0/s1. The highest BCUT2D eigenvalue weighted by atomic mass is 32.2. The van der Waals surface area contributed by atoms with E-state index in [1.165, 1.54) is 16.6 Å². The van der Waals surface area contributed by atoms with E-state index in [2.05, 4.69) is 10.3 Å². The monoisotopic (exact) mass is 536 g/mol. The second-order valence-corrected chi connectivity index (χ2v) is 12.8. The Morgan fingerprint density at radius 2 is 1.92 bits per heavy atom. The fraction of sp³-hybridized carbons (Fsp3) is 0.577. The molecule has 1 aromatic heterocycles. The number of benzene rings is 1. The second kappa shape index (κ2) is 11.3. The van der Waals surface area contributed by atoms with E-state index in [4.69, 9.17) is 4.74 Å². The molecule has 11 heteroatoms. The number of nitrogens with zero attached hydrogens (tertiary/aromatic N) is 3. The van der Waals surface area contributed by atoms with Gasteiger partial charge in [-0.25, -0.2) is 17.6 Å².